The van der Waals surface area contributed by atoms with Crippen LogP contribution in [0.2, 0.25) is 0 Å². The molecule has 68 valence electrons. The quantitative estimate of drug-likeness (QED) is 0.562. The van der Waals surface area contributed by atoms with Crippen LogP contribution in [0.15, 0.2) is 23.3 Å². The zero-order valence-corrected chi connectivity index (χ0v) is 8.05. The fourth-order valence-electron chi connectivity index (χ4n) is 1.94. The minimum Gasteiger partial charge on any atom is -0.294 e. The van der Waals surface area contributed by atoms with Crippen LogP contribution in [0.3, 0.4) is 0 Å². The van der Waals surface area contributed by atoms with Crippen LogP contribution < -0.4 is 0 Å². The summed E-state index contributed by atoms with van der Waals surface area (Å²) in [5, 5.41) is 0. The first-order chi connectivity index (χ1) is 5.93. The second-order valence-electron chi connectivity index (χ2n) is 4.33. The zero-order valence-electron chi connectivity index (χ0n) is 8.05. The number of hydrogen-bond donors (Lipinski definition) is 0. The van der Waals surface area contributed by atoms with Gasteiger partial charge in [-0.2, -0.15) is 0 Å². The number of rotatable bonds is 0. The van der Waals surface area contributed by atoms with Crippen molar-refractivity contribution in [2.24, 2.45) is 11.3 Å². The molecule has 2 aliphatic rings. The number of ketones is 2. The molecule has 0 N–H and O–H groups in total. The average Bonchev–Trinajstić information content (AvgIpc) is 2.41. The van der Waals surface area contributed by atoms with Gasteiger partial charge >= 0.3 is 0 Å². The van der Waals surface area contributed by atoms with Gasteiger partial charge in [-0.05, 0) is 25.5 Å². The standard InChI is InChI=1S/C11H12O2/c1-6-8-5-11(2,3)10(13)7(8)4-9(6)12/h4-6H,1-3H3. The summed E-state index contributed by atoms with van der Waals surface area (Å²) < 4.78 is 0. The van der Waals surface area contributed by atoms with Crippen LogP contribution in [0.5, 0.6) is 0 Å². The number of allylic oxidation sites excluding steroid dienone is 4. The molecule has 2 nitrogen and oxygen atoms in total. The normalized spacial score (nSPS) is 30.2. The van der Waals surface area contributed by atoms with Gasteiger partial charge in [0.05, 0.1) is 0 Å². The lowest BCUT2D eigenvalue weighted by Gasteiger charge is -2.11. The minimum absolute atomic E-state index is 0.0603. The van der Waals surface area contributed by atoms with Crippen molar-refractivity contribution in [3.05, 3.63) is 23.3 Å². The first kappa shape index (κ1) is 8.42. The SMILES string of the molecule is CC1C(=O)C=C2C(=O)C(C)(C)C=C21. The summed E-state index contributed by atoms with van der Waals surface area (Å²) in [6, 6.07) is 0. The van der Waals surface area contributed by atoms with Crippen LogP contribution in [0.25, 0.3) is 0 Å². The predicted molar refractivity (Wildman–Crippen MR) is 49.1 cm³/mol. The molecule has 1 unspecified atom stereocenters. The van der Waals surface area contributed by atoms with Crippen molar-refractivity contribution in [1.29, 1.82) is 0 Å². The summed E-state index contributed by atoms with van der Waals surface area (Å²) in [5.74, 6) is 0.0334. The van der Waals surface area contributed by atoms with Crippen LogP contribution in [0.1, 0.15) is 20.8 Å². The van der Waals surface area contributed by atoms with E-state index in [1.165, 1.54) is 6.08 Å². The molecule has 2 heteroatoms. The maximum absolute atomic E-state index is 11.7. The van der Waals surface area contributed by atoms with E-state index in [4.69, 9.17) is 0 Å². The van der Waals surface area contributed by atoms with Gasteiger partial charge in [0.25, 0.3) is 0 Å². The van der Waals surface area contributed by atoms with Gasteiger partial charge in [-0.1, -0.05) is 13.0 Å². The van der Waals surface area contributed by atoms with Gasteiger partial charge < -0.3 is 0 Å². The Balaban J connectivity index is 2.54. The van der Waals surface area contributed by atoms with Gasteiger partial charge in [0.15, 0.2) is 11.6 Å². The summed E-state index contributed by atoms with van der Waals surface area (Å²) >= 11 is 0. The van der Waals surface area contributed by atoms with E-state index in [0.717, 1.165) is 5.57 Å². The second-order valence-corrected chi connectivity index (χ2v) is 4.33. The Morgan fingerprint density at radius 1 is 1.31 bits per heavy atom. The van der Waals surface area contributed by atoms with E-state index in [9.17, 15) is 9.59 Å². The Morgan fingerprint density at radius 3 is 2.46 bits per heavy atom. The topological polar surface area (TPSA) is 34.1 Å². The van der Waals surface area contributed by atoms with Crippen molar-refractivity contribution < 1.29 is 9.59 Å². The van der Waals surface area contributed by atoms with Crippen LogP contribution in [0.4, 0.5) is 0 Å². The lowest BCUT2D eigenvalue weighted by Crippen LogP contribution is -2.17. The monoisotopic (exact) mass is 176 g/mol. The van der Waals surface area contributed by atoms with Crippen LogP contribution in [-0.2, 0) is 9.59 Å². The highest BCUT2D eigenvalue weighted by atomic mass is 16.1. The Morgan fingerprint density at radius 2 is 1.92 bits per heavy atom. The summed E-state index contributed by atoms with van der Waals surface area (Å²) in [5.41, 5.74) is 1.17. The van der Waals surface area contributed by atoms with Crippen molar-refractivity contribution in [3.8, 4) is 0 Å². The zero-order chi connectivity index (χ0) is 9.80. The van der Waals surface area contributed by atoms with Crippen molar-refractivity contribution in [1.82, 2.24) is 0 Å². The van der Waals surface area contributed by atoms with Gasteiger partial charge in [0.2, 0.25) is 0 Å². The highest BCUT2D eigenvalue weighted by Crippen LogP contribution is 2.42. The molecular weight excluding hydrogens is 164 g/mol. The Labute approximate surface area is 77.3 Å². The third kappa shape index (κ3) is 0.947. The molecular formula is C11H12O2. The molecule has 0 aromatic rings. The lowest BCUT2D eigenvalue weighted by atomic mass is 9.90. The van der Waals surface area contributed by atoms with Gasteiger partial charge in [-0.15, -0.1) is 0 Å². The molecule has 0 aliphatic heterocycles. The number of carbonyl (C=O) groups is 2. The molecule has 2 aliphatic carbocycles. The summed E-state index contributed by atoms with van der Waals surface area (Å²) in [4.78, 5) is 23.0. The Hall–Kier alpha value is -1.18. The first-order valence-corrected chi connectivity index (χ1v) is 4.47. The van der Waals surface area contributed by atoms with Gasteiger partial charge in [-0.25, -0.2) is 0 Å². The fraction of sp³-hybridized carbons (Fsp3) is 0.455. The molecule has 0 spiro atoms. The van der Waals surface area contributed by atoms with Crippen molar-refractivity contribution in [2.45, 2.75) is 20.8 Å². The third-order valence-electron chi connectivity index (χ3n) is 2.84. The summed E-state index contributed by atoms with van der Waals surface area (Å²) in [6.45, 7) is 5.63. The molecule has 0 aromatic carbocycles. The summed E-state index contributed by atoms with van der Waals surface area (Å²) in [6.07, 6.45) is 3.42. The van der Waals surface area contributed by atoms with Crippen molar-refractivity contribution >= 4 is 11.6 Å². The molecule has 2 rings (SSSR count). The van der Waals surface area contributed by atoms with E-state index in [2.05, 4.69) is 0 Å². The number of fused-ring (bicyclic) bond motifs is 1. The lowest BCUT2D eigenvalue weighted by molar-refractivity contribution is -0.120. The largest absolute Gasteiger partial charge is 0.294 e. The molecule has 0 aromatic heterocycles. The molecule has 0 fully saturated rings. The maximum atomic E-state index is 11.7. The Bertz CT molecular complexity index is 370. The second kappa shape index (κ2) is 2.19. The third-order valence-corrected chi connectivity index (χ3v) is 2.84. The van der Waals surface area contributed by atoms with E-state index in [0.29, 0.717) is 5.57 Å². The summed E-state index contributed by atoms with van der Waals surface area (Å²) in [7, 11) is 0. The molecule has 0 bridgehead atoms. The fourth-order valence-corrected chi connectivity index (χ4v) is 1.94. The van der Waals surface area contributed by atoms with E-state index in [-0.39, 0.29) is 17.5 Å². The molecule has 1 atom stereocenters. The molecule has 0 amide bonds. The highest BCUT2D eigenvalue weighted by molar-refractivity contribution is 6.17. The average molecular weight is 176 g/mol. The van der Waals surface area contributed by atoms with Crippen molar-refractivity contribution in [2.75, 3.05) is 0 Å². The Kier molecular flexibility index (Phi) is 1.42. The van der Waals surface area contributed by atoms with E-state index < -0.39 is 5.41 Å². The molecule has 13 heavy (non-hydrogen) atoms. The molecule has 0 heterocycles. The molecule has 0 saturated heterocycles. The smallest absolute Gasteiger partial charge is 0.172 e. The van der Waals surface area contributed by atoms with Gasteiger partial charge in [0, 0.05) is 16.9 Å². The molecule has 0 saturated carbocycles. The van der Waals surface area contributed by atoms with Crippen LogP contribution in [0, 0.1) is 11.3 Å². The minimum atomic E-state index is -0.407. The van der Waals surface area contributed by atoms with Crippen LogP contribution in [-0.4, -0.2) is 11.6 Å². The maximum Gasteiger partial charge on any atom is 0.172 e. The number of hydrogen-bond acceptors (Lipinski definition) is 2. The number of carbonyl (C=O) groups excluding carboxylic acids is 2. The van der Waals surface area contributed by atoms with Crippen LogP contribution >= 0.6 is 0 Å². The number of Topliss-reactive ketones (excluding diaryl/α,β-unsaturated/α-hetero) is 1. The predicted octanol–water partition coefficient (Wildman–Crippen LogP) is 1.67. The highest BCUT2D eigenvalue weighted by Gasteiger charge is 2.43. The first-order valence-electron chi connectivity index (χ1n) is 4.47. The van der Waals surface area contributed by atoms with Crippen molar-refractivity contribution in [3.63, 3.8) is 0 Å². The van der Waals surface area contributed by atoms with Gasteiger partial charge in [0.1, 0.15) is 0 Å². The van der Waals surface area contributed by atoms with E-state index in [1.54, 1.807) is 0 Å². The molecule has 0 radical (unpaired) electrons. The van der Waals surface area contributed by atoms with E-state index >= 15 is 0 Å². The van der Waals surface area contributed by atoms with E-state index in [1.807, 2.05) is 26.8 Å². The van der Waals surface area contributed by atoms with Gasteiger partial charge in [-0.3, -0.25) is 9.59 Å².